The van der Waals surface area contributed by atoms with E-state index in [0.717, 1.165) is 44.9 Å². The van der Waals surface area contributed by atoms with Crippen molar-refractivity contribution in [2.24, 2.45) is 11.3 Å². The Morgan fingerprint density at radius 1 is 1.00 bits per heavy atom. The molecule has 0 aromatic rings. The lowest BCUT2D eigenvalue weighted by molar-refractivity contribution is -0.147. The van der Waals surface area contributed by atoms with Gasteiger partial charge in [0, 0.05) is 6.42 Å². The summed E-state index contributed by atoms with van der Waals surface area (Å²) in [6.45, 7) is 2.22. The maximum atomic E-state index is 11.8. The monoisotopic (exact) mass is 352 g/mol. The van der Waals surface area contributed by atoms with Gasteiger partial charge in [-0.1, -0.05) is 70.4 Å². The first kappa shape index (κ1) is 21.7. The van der Waals surface area contributed by atoms with Crippen LogP contribution in [0.15, 0.2) is 12.2 Å². The SMILES string of the molecule is CCCCCCC1C=CC(CCCCCCCC(=O)O)(C(=O)O)CC1. The van der Waals surface area contributed by atoms with E-state index in [1.807, 2.05) is 6.08 Å². The zero-order valence-corrected chi connectivity index (χ0v) is 15.8. The summed E-state index contributed by atoms with van der Waals surface area (Å²) in [7, 11) is 0. The van der Waals surface area contributed by atoms with E-state index in [9.17, 15) is 14.7 Å². The van der Waals surface area contributed by atoms with E-state index < -0.39 is 17.4 Å². The van der Waals surface area contributed by atoms with Crippen LogP contribution in [0, 0.1) is 11.3 Å². The minimum absolute atomic E-state index is 0.238. The van der Waals surface area contributed by atoms with Gasteiger partial charge in [0.25, 0.3) is 0 Å². The summed E-state index contributed by atoms with van der Waals surface area (Å²) in [5.41, 5.74) is -0.666. The van der Waals surface area contributed by atoms with Crippen LogP contribution in [-0.2, 0) is 9.59 Å². The molecule has 0 fully saturated rings. The molecule has 4 heteroatoms. The van der Waals surface area contributed by atoms with Crippen molar-refractivity contribution in [3.05, 3.63) is 12.2 Å². The second kappa shape index (κ2) is 12.1. The molecule has 1 aliphatic carbocycles. The number of aliphatic carboxylic acids is 2. The minimum atomic E-state index is -0.735. The van der Waals surface area contributed by atoms with E-state index in [-0.39, 0.29) is 6.42 Å². The second-order valence-corrected chi connectivity index (χ2v) is 7.63. The molecule has 4 nitrogen and oxygen atoms in total. The van der Waals surface area contributed by atoms with Crippen LogP contribution in [0.5, 0.6) is 0 Å². The van der Waals surface area contributed by atoms with Crippen molar-refractivity contribution in [2.45, 2.75) is 96.8 Å². The fraction of sp³-hybridized carbons (Fsp3) is 0.810. The lowest BCUT2D eigenvalue weighted by Crippen LogP contribution is -2.32. The van der Waals surface area contributed by atoms with Gasteiger partial charge in [-0.25, -0.2) is 0 Å². The van der Waals surface area contributed by atoms with Gasteiger partial charge in [-0.3, -0.25) is 9.59 Å². The number of carboxylic acid groups (broad SMARTS) is 2. The van der Waals surface area contributed by atoms with Crippen LogP contribution in [-0.4, -0.2) is 22.2 Å². The average Bonchev–Trinajstić information content (AvgIpc) is 2.58. The van der Waals surface area contributed by atoms with E-state index in [0.29, 0.717) is 12.3 Å². The third-order valence-corrected chi connectivity index (χ3v) is 5.52. The van der Waals surface area contributed by atoms with Crippen LogP contribution >= 0.6 is 0 Å². The lowest BCUT2D eigenvalue weighted by Gasteiger charge is -2.32. The van der Waals surface area contributed by atoms with Gasteiger partial charge >= 0.3 is 11.9 Å². The van der Waals surface area contributed by atoms with Crippen molar-refractivity contribution in [3.8, 4) is 0 Å². The van der Waals surface area contributed by atoms with Crippen LogP contribution in [0.2, 0.25) is 0 Å². The van der Waals surface area contributed by atoms with Crippen molar-refractivity contribution < 1.29 is 19.8 Å². The first-order valence-corrected chi connectivity index (χ1v) is 10.1. The maximum Gasteiger partial charge on any atom is 0.313 e. The fourth-order valence-corrected chi connectivity index (χ4v) is 3.76. The molecule has 1 aliphatic rings. The highest BCUT2D eigenvalue weighted by molar-refractivity contribution is 5.77. The number of hydrogen-bond acceptors (Lipinski definition) is 2. The Labute approximate surface area is 152 Å². The molecule has 25 heavy (non-hydrogen) atoms. The molecule has 0 saturated heterocycles. The van der Waals surface area contributed by atoms with Crippen LogP contribution in [0.3, 0.4) is 0 Å². The Hall–Kier alpha value is -1.32. The molecule has 0 amide bonds. The summed E-state index contributed by atoms with van der Waals surface area (Å²) >= 11 is 0. The van der Waals surface area contributed by atoms with E-state index in [4.69, 9.17) is 5.11 Å². The third-order valence-electron chi connectivity index (χ3n) is 5.52. The van der Waals surface area contributed by atoms with Crippen LogP contribution < -0.4 is 0 Å². The molecule has 2 atom stereocenters. The highest BCUT2D eigenvalue weighted by Crippen LogP contribution is 2.39. The van der Waals surface area contributed by atoms with Gasteiger partial charge in [0.05, 0.1) is 5.41 Å². The molecule has 0 aliphatic heterocycles. The molecule has 0 radical (unpaired) electrons. The Morgan fingerprint density at radius 2 is 1.68 bits per heavy atom. The molecule has 0 heterocycles. The summed E-state index contributed by atoms with van der Waals surface area (Å²) < 4.78 is 0. The van der Waals surface area contributed by atoms with E-state index in [1.165, 1.54) is 32.1 Å². The number of hydrogen-bond donors (Lipinski definition) is 2. The van der Waals surface area contributed by atoms with Crippen molar-refractivity contribution >= 4 is 11.9 Å². The van der Waals surface area contributed by atoms with Gasteiger partial charge in [0.2, 0.25) is 0 Å². The number of carbonyl (C=O) groups is 2. The number of rotatable bonds is 14. The average molecular weight is 353 g/mol. The van der Waals surface area contributed by atoms with E-state index in [1.54, 1.807) is 0 Å². The van der Waals surface area contributed by atoms with Crippen LogP contribution in [0.25, 0.3) is 0 Å². The Bertz CT molecular complexity index is 430. The summed E-state index contributed by atoms with van der Waals surface area (Å²) in [5, 5.41) is 18.3. The summed E-state index contributed by atoms with van der Waals surface area (Å²) in [4.78, 5) is 22.3. The molecular formula is C21H36O4. The van der Waals surface area contributed by atoms with Crippen molar-refractivity contribution in [1.29, 1.82) is 0 Å². The maximum absolute atomic E-state index is 11.8. The molecule has 0 aromatic carbocycles. The van der Waals surface area contributed by atoms with Gasteiger partial charge in [-0.2, -0.15) is 0 Å². The van der Waals surface area contributed by atoms with E-state index >= 15 is 0 Å². The first-order valence-electron chi connectivity index (χ1n) is 10.1. The topological polar surface area (TPSA) is 74.6 Å². The highest BCUT2D eigenvalue weighted by Gasteiger charge is 2.37. The predicted octanol–water partition coefficient (Wildman–Crippen LogP) is 5.81. The fourth-order valence-electron chi connectivity index (χ4n) is 3.76. The standard InChI is InChI=1S/C21H36O4/c1-2-3-4-8-11-18-13-16-21(17-14-18,20(24)25)15-10-7-5-6-9-12-19(22)23/h13,16,18H,2-12,14-15,17H2,1H3,(H,22,23)(H,24,25). The predicted molar refractivity (Wildman–Crippen MR) is 101 cm³/mol. The Morgan fingerprint density at radius 3 is 2.28 bits per heavy atom. The molecule has 2 N–H and O–H groups in total. The first-order chi connectivity index (χ1) is 12.0. The van der Waals surface area contributed by atoms with E-state index in [2.05, 4.69) is 13.0 Å². The second-order valence-electron chi connectivity index (χ2n) is 7.63. The smallest absolute Gasteiger partial charge is 0.313 e. The summed E-state index contributed by atoms with van der Waals surface area (Å²) in [6.07, 6.45) is 17.6. The van der Waals surface area contributed by atoms with Gasteiger partial charge < -0.3 is 10.2 Å². The van der Waals surface area contributed by atoms with Gasteiger partial charge in [-0.15, -0.1) is 0 Å². The largest absolute Gasteiger partial charge is 0.481 e. The van der Waals surface area contributed by atoms with Gasteiger partial charge in [0.15, 0.2) is 0 Å². The van der Waals surface area contributed by atoms with Crippen LogP contribution in [0.4, 0.5) is 0 Å². The minimum Gasteiger partial charge on any atom is -0.481 e. The van der Waals surface area contributed by atoms with Crippen molar-refractivity contribution in [2.75, 3.05) is 0 Å². The third kappa shape index (κ3) is 8.55. The molecule has 2 unspecified atom stereocenters. The van der Waals surface area contributed by atoms with Gasteiger partial charge in [-0.05, 0) is 38.0 Å². The Kier molecular flexibility index (Phi) is 10.5. The zero-order chi connectivity index (χ0) is 18.5. The molecular weight excluding hydrogens is 316 g/mol. The van der Waals surface area contributed by atoms with Crippen molar-refractivity contribution in [3.63, 3.8) is 0 Å². The normalized spacial score (nSPS) is 22.8. The highest BCUT2D eigenvalue weighted by atomic mass is 16.4. The number of allylic oxidation sites excluding steroid dienone is 1. The molecule has 0 spiro atoms. The summed E-state index contributed by atoms with van der Waals surface area (Å²) in [6, 6.07) is 0. The lowest BCUT2D eigenvalue weighted by atomic mass is 9.72. The molecule has 0 saturated carbocycles. The molecule has 0 aromatic heterocycles. The number of carboxylic acids is 2. The van der Waals surface area contributed by atoms with Crippen molar-refractivity contribution in [1.82, 2.24) is 0 Å². The van der Waals surface area contributed by atoms with Gasteiger partial charge in [0.1, 0.15) is 0 Å². The zero-order valence-electron chi connectivity index (χ0n) is 15.8. The summed E-state index contributed by atoms with van der Waals surface area (Å²) in [5.74, 6) is -0.860. The van der Waals surface area contributed by atoms with Crippen LogP contribution in [0.1, 0.15) is 96.8 Å². The molecule has 144 valence electrons. The molecule has 0 bridgehead atoms. The Balaban J connectivity index is 2.31. The number of unbranched alkanes of at least 4 members (excludes halogenated alkanes) is 7. The quantitative estimate of drug-likeness (QED) is 0.305. The molecule has 1 rings (SSSR count).